The zero-order valence-electron chi connectivity index (χ0n) is 8.20. The summed E-state index contributed by atoms with van der Waals surface area (Å²) in [6.45, 7) is 0. The molecule has 2 unspecified atom stereocenters. The topological polar surface area (TPSA) is 60.7 Å². The van der Waals surface area contributed by atoms with E-state index in [2.05, 4.69) is 15.9 Å². The van der Waals surface area contributed by atoms with Crippen molar-refractivity contribution in [3.05, 3.63) is 27.7 Å². The van der Waals surface area contributed by atoms with Gasteiger partial charge in [0.15, 0.2) is 0 Å². The van der Waals surface area contributed by atoms with Gasteiger partial charge in [-0.05, 0) is 12.5 Å². The Bertz CT molecular complexity index is 373. The maximum absolute atomic E-state index is 9.82. The van der Waals surface area contributed by atoms with Crippen LogP contribution in [0.25, 0.3) is 0 Å². The third-order valence-corrected chi connectivity index (χ3v) is 3.24. The Labute approximate surface area is 112 Å². The fourth-order valence-electron chi connectivity index (χ4n) is 1.26. The highest BCUT2D eigenvalue weighted by Gasteiger charge is 2.21. The molecule has 0 radical (unpaired) electrons. The minimum atomic E-state index is -1.12. The molecule has 0 aliphatic heterocycles. The molecule has 3 nitrogen and oxygen atoms in total. The summed E-state index contributed by atoms with van der Waals surface area (Å²) < 4.78 is 0. The smallest absolute Gasteiger partial charge is 0.135 e. The Morgan fingerprint density at radius 2 is 1.81 bits per heavy atom. The van der Waals surface area contributed by atoms with Crippen molar-refractivity contribution in [1.82, 2.24) is 0 Å². The molecule has 0 aromatic heterocycles. The molecule has 0 saturated carbocycles. The second-order valence-electron chi connectivity index (χ2n) is 3.31. The Morgan fingerprint density at radius 1 is 1.19 bits per heavy atom. The average molecular weight is 330 g/mol. The summed E-state index contributed by atoms with van der Waals surface area (Å²) in [5, 5.41) is 29.5. The van der Waals surface area contributed by atoms with Gasteiger partial charge in [0, 0.05) is 17.0 Å². The van der Waals surface area contributed by atoms with E-state index in [0.717, 1.165) is 0 Å². The highest BCUT2D eigenvalue weighted by Crippen LogP contribution is 2.34. The molecule has 90 valence electrons. The quantitative estimate of drug-likeness (QED) is 0.744. The molecule has 0 heterocycles. The molecule has 0 spiro atoms. The minimum Gasteiger partial charge on any atom is -0.506 e. The van der Waals surface area contributed by atoms with E-state index in [1.807, 2.05) is 0 Å². The standard InChI is InChI=1S/C10H11BrCl2O3/c11-2-1-8(14)10(16)5-3-7(13)9(15)4-6(5)12/h3-4,8,10,14-16H,1-2H2. The van der Waals surface area contributed by atoms with Crippen LogP contribution in [-0.2, 0) is 0 Å². The van der Waals surface area contributed by atoms with Gasteiger partial charge in [0.1, 0.15) is 11.9 Å². The van der Waals surface area contributed by atoms with Gasteiger partial charge >= 0.3 is 0 Å². The lowest BCUT2D eigenvalue weighted by Gasteiger charge is -2.18. The molecule has 0 saturated heterocycles. The van der Waals surface area contributed by atoms with Crippen molar-refractivity contribution in [3.63, 3.8) is 0 Å². The number of hydrogen-bond acceptors (Lipinski definition) is 3. The van der Waals surface area contributed by atoms with Gasteiger partial charge in [-0.2, -0.15) is 0 Å². The van der Waals surface area contributed by atoms with E-state index in [1.54, 1.807) is 0 Å². The normalized spacial score (nSPS) is 14.8. The van der Waals surface area contributed by atoms with Gasteiger partial charge in [0.2, 0.25) is 0 Å². The fourth-order valence-corrected chi connectivity index (χ4v) is 2.17. The Balaban J connectivity index is 2.99. The Kier molecular flexibility index (Phi) is 5.34. The molecule has 1 aromatic carbocycles. The van der Waals surface area contributed by atoms with E-state index in [1.165, 1.54) is 12.1 Å². The van der Waals surface area contributed by atoms with Gasteiger partial charge in [-0.3, -0.25) is 0 Å². The number of hydrogen-bond donors (Lipinski definition) is 3. The van der Waals surface area contributed by atoms with Crippen molar-refractivity contribution in [2.75, 3.05) is 5.33 Å². The Morgan fingerprint density at radius 3 is 2.38 bits per heavy atom. The van der Waals surface area contributed by atoms with Crippen molar-refractivity contribution in [2.45, 2.75) is 18.6 Å². The molecular formula is C10H11BrCl2O3. The van der Waals surface area contributed by atoms with Crippen LogP contribution in [0.1, 0.15) is 18.1 Å². The lowest BCUT2D eigenvalue weighted by atomic mass is 10.0. The average Bonchev–Trinajstić information content (AvgIpc) is 2.23. The number of phenols is 1. The van der Waals surface area contributed by atoms with E-state index in [9.17, 15) is 15.3 Å². The monoisotopic (exact) mass is 328 g/mol. The minimum absolute atomic E-state index is 0.0875. The van der Waals surface area contributed by atoms with Crippen LogP contribution >= 0.6 is 39.1 Å². The van der Waals surface area contributed by atoms with Gasteiger partial charge in [-0.1, -0.05) is 39.1 Å². The molecule has 0 aliphatic carbocycles. The van der Waals surface area contributed by atoms with Gasteiger partial charge in [-0.25, -0.2) is 0 Å². The van der Waals surface area contributed by atoms with Crippen LogP contribution in [0.5, 0.6) is 5.75 Å². The van der Waals surface area contributed by atoms with Gasteiger partial charge in [0.25, 0.3) is 0 Å². The highest BCUT2D eigenvalue weighted by molar-refractivity contribution is 9.09. The second-order valence-corrected chi connectivity index (χ2v) is 4.92. The van der Waals surface area contributed by atoms with Gasteiger partial charge < -0.3 is 15.3 Å². The molecule has 2 atom stereocenters. The van der Waals surface area contributed by atoms with Crippen LogP contribution in [0, 0.1) is 0 Å². The highest BCUT2D eigenvalue weighted by atomic mass is 79.9. The first-order valence-corrected chi connectivity index (χ1v) is 6.45. The molecule has 0 bridgehead atoms. The zero-order chi connectivity index (χ0) is 12.3. The third-order valence-electron chi connectivity index (χ3n) is 2.15. The van der Waals surface area contributed by atoms with Crippen LogP contribution in [-0.4, -0.2) is 26.8 Å². The number of aromatic hydroxyl groups is 1. The van der Waals surface area contributed by atoms with Crippen molar-refractivity contribution in [2.24, 2.45) is 0 Å². The molecule has 6 heteroatoms. The molecule has 1 aromatic rings. The molecule has 0 fully saturated rings. The van der Waals surface area contributed by atoms with E-state index in [0.29, 0.717) is 17.3 Å². The number of rotatable bonds is 4. The van der Waals surface area contributed by atoms with Crippen molar-refractivity contribution < 1.29 is 15.3 Å². The third kappa shape index (κ3) is 3.25. The second kappa shape index (κ2) is 6.07. The lowest BCUT2D eigenvalue weighted by molar-refractivity contribution is 0.0174. The van der Waals surface area contributed by atoms with Gasteiger partial charge in [-0.15, -0.1) is 0 Å². The summed E-state index contributed by atoms with van der Waals surface area (Å²) in [6, 6.07) is 2.59. The first kappa shape index (κ1) is 14.1. The predicted molar refractivity (Wildman–Crippen MR) is 67.5 cm³/mol. The summed E-state index contributed by atoms with van der Waals surface area (Å²) in [4.78, 5) is 0. The largest absolute Gasteiger partial charge is 0.506 e. The van der Waals surface area contributed by atoms with Crippen LogP contribution in [0.4, 0.5) is 0 Å². The first-order valence-electron chi connectivity index (χ1n) is 4.57. The molecule has 0 amide bonds. The predicted octanol–water partition coefficient (Wildman–Crippen LogP) is 2.88. The number of aliphatic hydroxyl groups excluding tert-OH is 2. The lowest BCUT2D eigenvalue weighted by Crippen LogP contribution is -2.18. The zero-order valence-corrected chi connectivity index (χ0v) is 11.3. The summed E-state index contributed by atoms with van der Waals surface area (Å²) in [6.07, 6.45) is -1.67. The maximum Gasteiger partial charge on any atom is 0.135 e. The summed E-state index contributed by atoms with van der Waals surface area (Å²) in [7, 11) is 0. The molecule has 0 aliphatic rings. The number of aliphatic hydroxyl groups is 2. The first-order chi connectivity index (χ1) is 7.47. The van der Waals surface area contributed by atoms with E-state index in [-0.39, 0.29) is 15.8 Å². The number of phenolic OH excluding ortho intramolecular Hbond substituents is 1. The maximum atomic E-state index is 9.82. The van der Waals surface area contributed by atoms with Crippen LogP contribution < -0.4 is 0 Å². The SMILES string of the molecule is Oc1cc(Cl)c(C(O)C(O)CCBr)cc1Cl. The van der Waals surface area contributed by atoms with Gasteiger partial charge in [0.05, 0.1) is 16.1 Å². The molecular weight excluding hydrogens is 319 g/mol. The summed E-state index contributed by atoms with van der Waals surface area (Å²) >= 11 is 14.7. The van der Waals surface area contributed by atoms with Crippen LogP contribution in [0.3, 0.4) is 0 Å². The van der Waals surface area contributed by atoms with Crippen molar-refractivity contribution >= 4 is 39.1 Å². The molecule has 1 rings (SSSR count). The van der Waals surface area contributed by atoms with E-state index >= 15 is 0 Å². The van der Waals surface area contributed by atoms with Crippen LogP contribution in [0.15, 0.2) is 12.1 Å². The van der Waals surface area contributed by atoms with E-state index in [4.69, 9.17) is 23.2 Å². The fraction of sp³-hybridized carbons (Fsp3) is 0.400. The number of halogens is 3. The van der Waals surface area contributed by atoms with Crippen molar-refractivity contribution in [3.8, 4) is 5.75 Å². The molecule has 16 heavy (non-hydrogen) atoms. The van der Waals surface area contributed by atoms with Crippen LogP contribution in [0.2, 0.25) is 10.0 Å². The van der Waals surface area contributed by atoms with E-state index < -0.39 is 12.2 Å². The summed E-state index contributed by atoms with van der Waals surface area (Å²) in [5.41, 5.74) is 0.304. The van der Waals surface area contributed by atoms with Crippen molar-refractivity contribution in [1.29, 1.82) is 0 Å². The number of alkyl halides is 1. The summed E-state index contributed by atoms with van der Waals surface area (Å²) in [5.74, 6) is -0.155. The molecule has 3 N–H and O–H groups in total. The Hall–Kier alpha value is -0.000000000000000167. The number of benzene rings is 1.